The van der Waals surface area contributed by atoms with Gasteiger partial charge in [-0.25, -0.2) is 0 Å². The summed E-state index contributed by atoms with van der Waals surface area (Å²) in [6.07, 6.45) is 2.29. The van der Waals surface area contributed by atoms with Crippen LogP contribution in [0.15, 0.2) is 30.5 Å². The summed E-state index contributed by atoms with van der Waals surface area (Å²) >= 11 is 0. The highest BCUT2D eigenvalue weighted by atomic mass is 16.3. The second kappa shape index (κ2) is 3.92. The molecule has 18 heavy (non-hydrogen) atoms. The Bertz CT molecular complexity index is 577. The zero-order valence-electron chi connectivity index (χ0n) is 10.6. The van der Waals surface area contributed by atoms with E-state index in [4.69, 9.17) is 0 Å². The van der Waals surface area contributed by atoms with Crippen LogP contribution in [0.1, 0.15) is 20.3 Å². The summed E-state index contributed by atoms with van der Waals surface area (Å²) < 4.78 is 0. The van der Waals surface area contributed by atoms with Crippen LogP contribution in [0.3, 0.4) is 0 Å². The molecule has 1 aliphatic rings. The highest BCUT2D eigenvalue weighted by Gasteiger charge is 2.47. The van der Waals surface area contributed by atoms with Crippen molar-refractivity contribution in [3.8, 4) is 0 Å². The molecule has 0 bridgehead atoms. The number of hydrogen-bond donors (Lipinski definition) is 2. The molecule has 4 nitrogen and oxygen atoms in total. The number of aliphatic hydroxyl groups excluding tert-OH is 1. The van der Waals surface area contributed by atoms with Crippen molar-refractivity contribution in [3.05, 3.63) is 30.5 Å². The van der Waals surface area contributed by atoms with E-state index in [0.29, 0.717) is 0 Å². The largest absolute Gasteiger partial charge is 0.392 e. The number of anilines is 1. The van der Waals surface area contributed by atoms with Crippen LogP contribution in [-0.4, -0.2) is 27.4 Å². The van der Waals surface area contributed by atoms with Crippen molar-refractivity contribution in [3.63, 3.8) is 0 Å². The van der Waals surface area contributed by atoms with Crippen LogP contribution in [-0.2, 0) is 0 Å². The Hall–Kier alpha value is -1.68. The summed E-state index contributed by atoms with van der Waals surface area (Å²) in [6.45, 7) is 4.13. The minimum Gasteiger partial charge on any atom is -0.392 e. The Balaban J connectivity index is 1.92. The lowest BCUT2D eigenvalue weighted by molar-refractivity contribution is -0.0511. The van der Waals surface area contributed by atoms with Crippen LogP contribution >= 0.6 is 0 Å². The fourth-order valence-electron chi connectivity index (χ4n) is 2.45. The summed E-state index contributed by atoms with van der Waals surface area (Å²) in [7, 11) is 0. The first kappa shape index (κ1) is 11.4. The van der Waals surface area contributed by atoms with Crippen molar-refractivity contribution in [1.82, 2.24) is 10.2 Å². The Kier molecular flexibility index (Phi) is 2.48. The third-order valence-electron chi connectivity index (χ3n) is 4.10. The lowest BCUT2D eigenvalue weighted by Gasteiger charge is -2.49. The molecule has 0 spiro atoms. The number of rotatable bonds is 2. The van der Waals surface area contributed by atoms with Crippen molar-refractivity contribution in [2.75, 3.05) is 5.32 Å². The molecule has 1 saturated carbocycles. The molecule has 94 valence electrons. The van der Waals surface area contributed by atoms with Gasteiger partial charge in [0.15, 0.2) is 5.82 Å². The van der Waals surface area contributed by atoms with Gasteiger partial charge in [-0.3, -0.25) is 0 Å². The number of hydrogen-bond acceptors (Lipinski definition) is 4. The van der Waals surface area contributed by atoms with Gasteiger partial charge in [0.2, 0.25) is 0 Å². The fraction of sp³-hybridized carbons (Fsp3) is 0.429. The standard InChI is InChI=1S/C14H17N3O/c1-14(2)11(7-12(14)18)16-13-10-6-4-3-5-9(10)8-15-17-13/h3-6,8,11-12,18H,7H2,1-2H3,(H,16,17). The molecular formula is C14H17N3O. The minimum absolute atomic E-state index is 0.112. The maximum absolute atomic E-state index is 9.76. The van der Waals surface area contributed by atoms with Crippen LogP contribution in [0.2, 0.25) is 0 Å². The Morgan fingerprint density at radius 3 is 2.83 bits per heavy atom. The van der Waals surface area contributed by atoms with Gasteiger partial charge in [0.1, 0.15) is 0 Å². The average molecular weight is 243 g/mol. The second-order valence-corrected chi connectivity index (χ2v) is 5.55. The van der Waals surface area contributed by atoms with Crippen molar-refractivity contribution < 1.29 is 5.11 Å². The molecule has 0 aliphatic heterocycles. The van der Waals surface area contributed by atoms with E-state index in [1.807, 2.05) is 24.3 Å². The highest BCUT2D eigenvalue weighted by molar-refractivity contribution is 5.90. The van der Waals surface area contributed by atoms with Crippen molar-refractivity contribution >= 4 is 16.6 Å². The molecule has 1 aromatic heterocycles. The lowest BCUT2D eigenvalue weighted by atomic mass is 9.64. The lowest BCUT2D eigenvalue weighted by Crippen LogP contribution is -2.57. The summed E-state index contributed by atoms with van der Waals surface area (Å²) in [4.78, 5) is 0. The molecular weight excluding hydrogens is 226 g/mol. The average Bonchev–Trinajstić information content (AvgIpc) is 2.39. The Morgan fingerprint density at radius 1 is 1.33 bits per heavy atom. The van der Waals surface area contributed by atoms with E-state index in [-0.39, 0.29) is 17.6 Å². The molecule has 2 atom stereocenters. The smallest absolute Gasteiger partial charge is 0.156 e. The number of benzene rings is 1. The van der Waals surface area contributed by atoms with E-state index in [0.717, 1.165) is 23.0 Å². The Morgan fingerprint density at radius 2 is 2.11 bits per heavy atom. The first-order valence-electron chi connectivity index (χ1n) is 6.24. The Labute approximate surface area is 106 Å². The number of fused-ring (bicyclic) bond motifs is 1. The third-order valence-corrected chi connectivity index (χ3v) is 4.10. The van der Waals surface area contributed by atoms with Gasteiger partial charge in [0.25, 0.3) is 0 Å². The van der Waals surface area contributed by atoms with E-state index < -0.39 is 0 Å². The molecule has 4 heteroatoms. The summed E-state index contributed by atoms with van der Waals surface area (Å²) in [5, 5.41) is 23.5. The quantitative estimate of drug-likeness (QED) is 0.849. The number of aromatic nitrogens is 2. The van der Waals surface area contributed by atoms with Gasteiger partial charge in [0.05, 0.1) is 12.3 Å². The predicted octanol–water partition coefficient (Wildman–Crippen LogP) is 2.20. The molecule has 1 aliphatic carbocycles. The number of aliphatic hydroxyl groups is 1. The molecule has 0 saturated heterocycles. The van der Waals surface area contributed by atoms with Crippen molar-refractivity contribution in [2.45, 2.75) is 32.4 Å². The zero-order chi connectivity index (χ0) is 12.8. The molecule has 2 N–H and O–H groups in total. The summed E-state index contributed by atoms with van der Waals surface area (Å²) in [6, 6.07) is 8.29. The van der Waals surface area contributed by atoms with Crippen LogP contribution < -0.4 is 5.32 Å². The van der Waals surface area contributed by atoms with Crippen molar-refractivity contribution in [2.24, 2.45) is 5.41 Å². The van der Waals surface area contributed by atoms with Gasteiger partial charge in [-0.05, 0) is 6.42 Å². The normalized spacial score (nSPS) is 25.7. The highest BCUT2D eigenvalue weighted by Crippen LogP contribution is 2.42. The molecule has 1 aromatic carbocycles. The van der Waals surface area contributed by atoms with E-state index in [1.165, 1.54) is 0 Å². The van der Waals surface area contributed by atoms with Gasteiger partial charge < -0.3 is 10.4 Å². The third kappa shape index (κ3) is 1.64. The molecule has 1 heterocycles. The molecule has 0 radical (unpaired) electrons. The number of nitrogens with one attached hydrogen (secondary N) is 1. The van der Waals surface area contributed by atoms with Crippen molar-refractivity contribution in [1.29, 1.82) is 0 Å². The zero-order valence-corrected chi connectivity index (χ0v) is 10.6. The number of nitrogens with zero attached hydrogens (tertiary/aromatic N) is 2. The first-order valence-corrected chi connectivity index (χ1v) is 6.24. The molecule has 2 aromatic rings. The summed E-state index contributed by atoms with van der Waals surface area (Å²) in [5.41, 5.74) is -0.112. The van der Waals surface area contributed by atoms with Crippen LogP contribution in [0.25, 0.3) is 10.8 Å². The predicted molar refractivity (Wildman–Crippen MR) is 71.4 cm³/mol. The minimum atomic E-state index is -0.238. The van der Waals surface area contributed by atoms with E-state index >= 15 is 0 Å². The maximum Gasteiger partial charge on any atom is 0.156 e. The SMILES string of the molecule is CC1(C)C(O)CC1Nc1nncc2ccccc12. The van der Waals surface area contributed by atoms with Crippen LogP contribution in [0, 0.1) is 5.41 Å². The van der Waals surface area contributed by atoms with Gasteiger partial charge in [-0.2, -0.15) is 5.10 Å². The maximum atomic E-state index is 9.76. The summed E-state index contributed by atoms with van der Waals surface area (Å²) in [5.74, 6) is 0.804. The topological polar surface area (TPSA) is 58.0 Å². The second-order valence-electron chi connectivity index (χ2n) is 5.55. The molecule has 0 amide bonds. The fourth-order valence-corrected chi connectivity index (χ4v) is 2.45. The van der Waals surface area contributed by atoms with Gasteiger partial charge in [-0.1, -0.05) is 38.1 Å². The monoisotopic (exact) mass is 243 g/mol. The first-order chi connectivity index (χ1) is 8.59. The van der Waals surface area contributed by atoms with Gasteiger partial charge in [-0.15, -0.1) is 5.10 Å². The van der Waals surface area contributed by atoms with E-state index in [9.17, 15) is 5.11 Å². The van der Waals surface area contributed by atoms with Gasteiger partial charge >= 0.3 is 0 Å². The van der Waals surface area contributed by atoms with Gasteiger partial charge in [0, 0.05) is 22.2 Å². The van der Waals surface area contributed by atoms with Crippen LogP contribution in [0.5, 0.6) is 0 Å². The van der Waals surface area contributed by atoms with E-state index in [2.05, 4.69) is 29.4 Å². The molecule has 2 unspecified atom stereocenters. The van der Waals surface area contributed by atoms with Crippen LogP contribution in [0.4, 0.5) is 5.82 Å². The van der Waals surface area contributed by atoms with E-state index in [1.54, 1.807) is 6.20 Å². The molecule has 3 rings (SSSR count). The molecule has 1 fully saturated rings.